The quantitative estimate of drug-likeness (QED) is 0.804. The molecule has 1 heterocycles. The second-order valence-electron chi connectivity index (χ2n) is 5.07. The maximum absolute atomic E-state index is 12.0. The number of aliphatic imine (C=N–C) groups is 1. The maximum atomic E-state index is 12.0. The topological polar surface area (TPSA) is 100 Å². The summed E-state index contributed by atoms with van der Waals surface area (Å²) in [4.78, 5) is 27.0. The molecule has 0 unspecified atom stereocenters. The van der Waals surface area contributed by atoms with E-state index >= 15 is 0 Å². The van der Waals surface area contributed by atoms with E-state index in [2.05, 4.69) is 15.6 Å². The highest BCUT2D eigenvalue weighted by molar-refractivity contribution is 6.01. The molecular weight excluding hydrogens is 310 g/mol. The average Bonchev–Trinajstić information content (AvgIpc) is 3.10. The van der Waals surface area contributed by atoms with Crippen LogP contribution >= 0.6 is 0 Å². The molecule has 24 heavy (non-hydrogen) atoms. The number of carboxylic acids is 1. The van der Waals surface area contributed by atoms with E-state index in [0.29, 0.717) is 30.4 Å². The molecule has 0 saturated heterocycles. The highest BCUT2D eigenvalue weighted by Crippen LogP contribution is 2.14. The molecule has 0 radical (unpaired) electrons. The van der Waals surface area contributed by atoms with Crippen LogP contribution in [-0.4, -0.2) is 36.2 Å². The maximum Gasteiger partial charge on any atom is 0.335 e. The lowest BCUT2D eigenvalue weighted by Crippen LogP contribution is -2.19. The van der Waals surface area contributed by atoms with Crippen LogP contribution in [0.3, 0.4) is 0 Å². The predicted octanol–water partition coefficient (Wildman–Crippen LogP) is 2.81. The number of carbonyl (C=O) groups is 2. The van der Waals surface area contributed by atoms with E-state index in [9.17, 15) is 9.59 Å². The van der Waals surface area contributed by atoms with Gasteiger partial charge in [-0.05, 0) is 48.5 Å². The number of benzene rings is 2. The fraction of sp³-hybridized carbons (Fsp3) is 0.118. The Morgan fingerprint density at radius 3 is 2.04 bits per heavy atom. The minimum atomic E-state index is -1.01. The average molecular weight is 325 g/mol. The Bertz CT molecular complexity index is 782. The van der Waals surface area contributed by atoms with Gasteiger partial charge in [-0.15, -0.1) is 0 Å². The van der Waals surface area contributed by atoms with Gasteiger partial charge in [0.25, 0.3) is 0 Å². The summed E-state index contributed by atoms with van der Waals surface area (Å²) in [5.74, 6) is -0.397. The minimum absolute atomic E-state index is 0.161. The van der Waals surface area contributed by atoms with Crippen LogP contribution in [-0.2, 0) is 4.74 Å². The van der Waals surface area contributed by atoms with Gasteiger partial charge < -0.3 is 20.5 Å². The second kappa shape index (κ2) is 6.82. The number of carboxylic acid groups (broad SMARTS) is 1. The van der Waals surface area contributed by atoms with Crippen LogP contribution in [0.5, 0.6) is 0 Å². The van der Waals surface area contributed by atoms with Crippen molar-refractivity contribution in [2.45, 2.75) is 0 Å². The first-order valence-corrected chi connectivity index (χ1v) is 7.31. The summed E-state index contributed by atoms with van der Waals surface area (Å²) < 4.78 is 5.37. The summed E-state index contributed by atoms with van der Waals surface area (Å²) in [6, 6.07) is 12.6. The zero-order valence-electron chi connectivity index (χ0n) is 12.7. The number of ether oxygens (including phenoxy) is 1. The monoisotopic (exact) mass is 325 g/mol. The van der Waals surface area contributed by atoms with Crippen molar-refractivity contribution in [2.75, 3.05) is 23.8 Å². The summed E-state index contributed by atoms with van der Waals surface area (Å²) in [5.41, 5.74) is 2.15. The van der Waals surface area contributed by atoms with Crippen molar-refractivity contribution in [1.82, 2.24) is 0 Å². The van der Waals surface area contributed by atoms with Crippen LogP contribution in [0.25, 0.3) is 0 Å². The van der Waals surface area contributed by atoms with E-state index in [0.717, 1.165) is 5.56 Å². The van der Waals surface area contributed by atoms with E-state index in [1.807, 2.05) is 12.1 Å². The molecule has 0 saturated carbocycles. The van der Waals surface area contributed by atoms with E-state index in [1.54, 1.807) is 12.1 Å². The normalized spacial score (nSPS) is 12.9. The molecular formula is C17H15N3O4. The number of amides is 2. The van der Waals surface area contributed by atoms with Gasteiger partial charge in [0.15, 0.2) is 0 Å². The van der Waals surface area contributed by atoms with Crippen molar-refractivity contribution in [1.29, 1.82) is 0 Å². The van der Waals surface area contributed by atoms with Crippen molar-refractivity contribution >= 4 is 29.3 Å². The van der Waals surface area contributed by atoms with E-state index < -0.39 is 12.0 Å². The van der Waals surface area contributed by atoms with E-state index in [4.69, 9.17) is 9.84 Å². The lowest BCUT2D eigenvalue weighted by Gasteiger charge is -2.08. The Kier molecular flexibility index (Phi) is 4.42. The van der Waals surface area contributed by atoms with Gasteiger partial charge in [-0.25, -0.2) is 14.6 Å². The SMILES string of the molecule is O=C(Nc1ccc(C(=O)O)cc1)Nc1ccc(C2=NCCO2)cc1. The summed E-state index contributed by atoms with van der Waals surface area (Å²) in [7, 11) is 0. The molecule has 2 amide bonds. The van der Waals surface area contributed by atoms with Crippen LogP contribution in [0.1, 0.15) is 15.9 Å². The molecule has 0 spiro atoms. The van der Waals surface area contributed by atoms with Gasteiger partial charge in [-0.1, -0.05) is 0 Å². The lowest BCUT2D eigenvalue weighted by molar-refractivity contribution is 0.0697. The van der Waals surface area contributed by atoms with Gasteiger partial charge in [-0.2, -0.15) is 0 Å². The van der Waals surface area contributed by atoms with Gasteiger partial charge in [0, 0.05) is 16.9 Å². The first kappa shape index (κ1) is 15.5. The number of hydrogen-bond donors (Lipinski definition) is 3. The number of nitrogens with one attached hydrogen (secondary N) is 2. The molecule has 2 aromatic carbocycles. The number of aromatic carboxylic acids is 1. The fourth-order valence-electron chi connectivity index (χ4n) is 2.20. The molecule has 3 N–H and O–H groups in total. The van der Waals surface area contributed by atoms with Crippen molar-refractivity contribution in [2.24, 2.45) is 4.99 Å². The zero-order valence-corrected chi connectivity index (χ0v) is 12.7. The first-order chi connectivity index (χ1) is 11.6. The Morgan fingerprint density at radius 2 is 1.54 bits per heavy atom. The number of nitrogens with zero attached hydrogens (tertiary/aromatic N) is 1. The van der Waals surface area contributed by atoms with Crippen molar-refractivity contribution in [3.05, 3.63) is 59.7 Å². The third-order valence-corrected chi connectivity index (χ3v) is 3.36. The van der Waals surface area contributed by atoms with Gasteiger partial charge in [0.05, 0.1) is 12.1 Å². The third kappa shape index (κ3) is 3.70. The van der Waals surface area contributed by atoms with E-state index in [-0.39, 0.29) is 5.56 Å². The molecule has 0 atom stereocenters. The molecule has 0 aliphatic carbocycles. The Labute approximate surface area is 138 Å². The van der Waals surface area contributed by atoms with Crippen molar-refractivity contribution in [3.63, 3.8) is 0 Å². The molecule has 3 rings (SSSR count). The number of rotatable bonds is 4. The van der Waals surface area contributed by atoms with Crippen LogP contribution in [0.2, 0.25) is 0 Å². The van der Waals surface area contributed by atoms with Crippen LogP contribution in [0.15, 0.2) is 53.5 Å². The Hall–Kier alpha value is -3.35. The van der Waals surface area contributed by atoms with Gasteiger partial charge in [0.1, 0.15) is 6.61 Å². The first-order valence-electron chi connectivity index (χ1n) is 7.31. The highest BCUT2D eigenvalue weighted by atomic mass is 16.5. The Morgan fingerprint density at radius 1 is 0.958 bits per heavy atom. The van der Waals surface area contributed by atoms with Gasteiger partial charge in [0.2, 0.25) is 5.90 Å². The van der Waals surface area contributed by atoms with E-state index in [1.165, 1.54) is 24.3 Å². The van der Waals surface area contributed by atoms with Gasteiger partial charge >= 0.3 is 12.0 Å². The largest absolute Gasteiger partial charge is 0.478 e. The smallest absolute Gasteiger partial charge is 0.335 e. The third-order valence-electron chi connectivity index (χ3n) is 3.36. The standard InChI is InChI=1S/C17H15N3O4/c21-16(22)12-3-7-14(8-4-12)20-17(23)19-13-5-1-11(2-6-13)15-18-9-10-24-15/h1-8H,9-10H2,(H,21,22)(H2,19,20,23). The summed E-state index contributed by atoms with van der Waals surface area (Å²) in [6.07, 6.45) is 0. The molecule has 0 bridgehead atoms. The molecule has 122 valence electrons. The lowest BCUT2D eigenvalue weighted by atomic mass is 10.2. The number of carbonyl (C=O) groups excluding carboxylic acids is 1. The van der Waals surface area contributed by atoms with Crippen LogP contribution < -0.4 is 10.6 Å². The number of hydrogen-bond acceptors (Lipinski definition) is 4. The summed E-state index contributed by atoms with van der Waals surface area (Å²) >= 11 is 0. The second-order valence-corrected chi connectivity index (χ2v) is 5.07. The minimum Gasteiger partial charge on any atom is -0.478 e. The molecule has 1 aliphatic heterocycles. The summed E-state index contributed by atoms with van der Waals surface area (Å²) in [6.45, 7) is 1.26. The van der Waals surface area contributed by atoms with Gasteiger partial charge in [-0.3, -0.25) is 0 Å². The highest BCUT2D eigenvalue weighted by Gasteiger charge is 2.10. The molecule has 2 aromatic rings. The zero-order chi connectivity index (χ0) is 16.9. The van der Waals surface area contributed by atoms with Crippen molar-refractivity contribution in [3.8, 4) is 0 Å². The molecule has 0 fully saturated rings. The molecule has 1 aliphatic rings. The van der Waals surface area contributed by atoms with Crippen molar-refractivity contribution < 1.29 is 19.4 Å². The van der Waals surface area contributed by atoms with Crippen LogP contribution in [0.4, 0.5) is 16.2 Å². The molecule has 7 heteroatoms. The number of urea groups is 1. The summed E-state index contributed by atoms with van der Waals surface area (Å²) in [5, 5.41) is 14.2. The number of anilines is 2. The Balaban J connectivity index is 1.59. The molecule has 7 nitrogen and oxygen atoms in total. The fourth-order valence-corrected chi connectivity index (χ4v) is 2.20. The predicted molar refractivity (Wildman–Crippen MR) is 89.8 cm³/mol. The van der Waals surface area contributed by atoms with Crippen LogP contribution in [0, 0.1) is 0 Å². The molecule has 0 aromatic heterocycles.